The van der Waals surface area contributed by atoms with Crippen LogP contribution in [-0.4, -0.2) is 58.2 Å². The Morgan fingerprint density at radius 3 is 2.76 bits per heavy atom. The van der Waals surface area contributed by atoms with E-state index in [1.807, 2.05) is 31.2 Å². The van der Waals surface area contributed by atoms with Crippen LogP contribution in [0.5, 0.6) is 5.75 Å². The Morgan fingerprint density at radius 2 is 2.00 bits per heavy atom. The summed E-state index contributed by atoms with van der Waals surface area (Å²) in [5.41, 5.74) is 1.69. The van der Waals surface area contributed by atoms with Gasteiger partial charge < -0.3 is 20.3 Å². The summed E-state index contributed by atoms with van der Waals surface area (Å²) < 4.78 is 7.16. The predicted molar refractivity (Wildman–Crippen MR) is 128 cm³/mol. The van der Waals surface area contributed by atoms with Gasteiger partial charge >= 0.3 is 0 Å². The number of hydrogen-bond acceptors (Lipinski definition) is 6. The number of halogens is 1. The standard InChI is InChI=1S/C23H27ClN6O3/c1-17-3-5-20(6-4-17)33-12-11-29(2)23(32)16-30-15-19(14-27-30)28-22(31)8-10-26-21-13-18(24)7-9-25-21/h3-7,9,13-15H,8,10-12,16H2,1-2H3,(H,25,26)(H,28,31). The lowest BCUT2D eigenvalue weighted by Crippen LogP contribution is -2.33. The summed E-state index contributed by atoms with van der Waals surface area (Å²) in [6, 6.07) is 11.1. The average molecular weight is 471 g/mol. The summed E-state index contributed by atoms with van der Waals surface area (Å²) in [4.78, 5) is 30.3. The highest BCUT2D eigenvalue weighted by molar-refractivity contribution is 6.30. The number of benzene rings is 1. The molecule has 174 valence electrons. The van der Waals surface area contributed by atoms with Crippen molar-refractivity contribution >= 4 is 34.9 Å². The first-order chi connectivity index (χ1) is 15.9. The lowest BCUT2D eigenvalue weighted by Gasteiger charge is -2.17. The van der Waals surface area contributed by atoms with Gasteiger partial charge in [-0.05, 0) is 31.2 Å². The molecule has 0 spiro atoms. The minimum Gasteiger partial charge on any atom is -0.492 e. The van der Waals surface area contributed by atoms with Gasteiger partial charge in [0.1, 0.15) is 24.7 Å². The maximum absolute atomic E-state index is 12.4. The Labute approximate surface area is 197 Å². The molecule has 0 saturated carbocycles. The molecule has 33 heavy (non-hydrogen) atoms. The first-order valence-corrected chi connectivity index (χ1v) is 10.9. The van der Waals surface area contributed by atoms with Crippen LogP contribution >= 0.6 is 11.6 Å². The predicted octanol–water partition coefficient (Wildman–Crippen LogP) is 3.22. The van der Waals surface area contributed by atoms with Crippen molar-refractivity contribution in [1.82, 2.24) is 19.7 Å². The van der Waals surface area contributed by atoms with Crippen molar-refractivity contribution in [2.45, 2.75) is 19.9 Å². The molecule has 3 rings (SSSR count). The SMILES string of the molecule is Cc1ccc(OCCN(C)C(=O)Cn2cc(NC(=O)CCNc3cc(Cl)ccn3)cn2)cc1. The van der Waals surface area contributed by atoms with Gasteiger partial charge in [-0.25, -0.2) is 4.98 Å². The first kappa shape index (κ1) is 24.1. The smallest absolute Gasteiger partial charge is 0.244 e. The van der Waals surface area contributed by atoms with Gasteiger partial charge in [-0.15, -0.1) is 0 Å². The molecule has 0 aliphatic carbocycles. The zero-order chi connectivity index (χ0) is 23.6. The third-order valence-electron chi connectivity index (χ3n) is 4.74. The third-order valence-corrected chi connectivity index (χ3v) is 4.97. The van der Waals surface area contributed by atoms with Gasteiger partial charge in [0.15, 0.2) is 0 Å². The summed E-state index contributed by atoms with van der Waals surface area (Å²) >= 11 is 5.90. The second-order valence-electron chi connectivity index (χ2n) is 7.49. The van der Waals surface area contributed by atoms with Crippen LogP contribution < -0.4 is 15.4 Å². The number of ether oxygens (including phenoxy) is 1. The van der Waals surface area contributed by atoms with E-state index in [1.165, 1.54) is 10.9 Å². The third kappa shape index (κ3) is 8.12. The quantitative estimate of drug-likeness (QED) is 0.446. The molecule has 9 nitrogen and oxygen atoms in total. The van der Waals surface area contributed by atoms with Crippen LogP contribution in [0.15, 0.2) is 55.0 Å². The fourth-order valence-electron chi connectivity index (χ4n) is 2.86. The fourth-order valence-corrected chi connectivity index (χ4v) is 3.02. The summed E-state index contributed by atoms with van der Waals surface area (Å²) in [6.07, 6.45) is 4.97. The van der Waals surface area contributed by atoms with Crippen molar-refractivity contribution in [3.05, 3.63) is 65.6 Å². The minimum atomic E-state index is -0.180. The number of nitrogens with zero attached hydrogens (tertiary/aromatic N) is 4. The van der Waals surface area contributed by atoms with Crippen molar-refractivity contribution in [1.29, 1.82) is 0 Å². The number of nitrogens with one attached hydrogen (secondary N) is 2. The molecule has 2 heterocycles. The van der Waals surface area contributed by atoms with Gasteiger partial charge in [0.2, 0.25) is 11.8 Å². The molecule has 0 bridgehead atoms. The average Bonchev–Trinajstić information content (AvgIpc) is 3.21. The maximum Gasteiger partial charge on any atom is 0.244 e. The molecule has 0 saturated heterocycles. The van der Waals surface area contributed by atoms with Crippen LogP contribution in [0, 0.1) is 6.92 Å². The van der Waals surface area contributed by atoms with Gasteiger partial charge in [-0.1, -0.05) is 29.3 Å². The van der Waals surface area contributed by atoms with Gasteiger partial charge in [0.05, 0.1) is 18.4 Å². The molecule has 10 heteroatoms. The number of carbonyl (C=O) groups excluding carboxylic acids is 2. The highest BCUT2D eigenvalue weighted by Crippen LogP contribution is 2.12. The lowest BCUT2D eigenvalue weighted by molar-refractivity contribution is -0.131. The van der Waals surface area contributed by atoms with Crippen molar-refractivity contribution in [3.63, 3.8) is 0 Å². The molecule has 3 aromatic rings. The Hall–Kier alpha value is -3.59. The number of amides is 2. The molecule has 0 atom stereocenters. The number of aryl methyl sites for hydroxylation is 1. The van der Waals surface area contributed by atoms with E-state index in [2.05, 4.69) is 20.7 Å². The van der Waals surface area contributed by atoms with Crippen LogP contribution in [-0.2, 0) is 16.1 Å². The zero-order valence-corrected chi connectivity index (χ0v) is 19.4. The number of pyridine rings is 1. The van der Waals surface area contributed by atoms with Crippen LogP contribution in [0.1, 0.15) is 12.0 Å². The first-order valence-electron chi connectivity index (χ1n) is 10.5. The topological polar surface area (TPSA) is 101 Å². The summed E-state index contributed by atoms with van der Waals surface area (Å²) in [7, 11) is 1.72. The zero-order valence-electron chi connectivity index (χ0n) is 18.6. The van der Waals surface area contributed by atoms with Crippen LogP contribution in [0.3, 0.4) is 0 Å². The van der Waals surface area contributed by atoms with Gasteiger partial charge in [-0.3, -0.25) is 14.3 Å². The Balaban J connectivity index is 1.36. The number of carbonyl (C=O) groups is 2. The van der Waals surface area contributed by atoms with Crippen LogP contribution in [0.25, 0.3) is 0 Å². The van der Waals surface area contributed by atoms with Crippen molar-refractivity contribution < 1.29 is 14.3 Å². The largest absolute Gasteiger partial charge is 0.492 e. The molecule has 2 amide bonds. The number of anilines is 2. The Kier molecular flexibility index (Phi) is 8.65. The molecule has 0 unspecified atom stereocenters. The Morgan fingerprint density at radius 1 is 1.21 bits per heavy atom. The van der Waals surface area contributed by atoms with E-state index in [1.54, 1.807) is 36.5 Å². The molecule has 1 aromatic carbocycles. The normalized spacial score (nSPS) is 10.5. The van der Waals surface area contributed by atoms with E-state index in [9.17, 15) is 9.59 Å². The molecule has 2 aromatic heterocycles. The second-order valence-corrected chi connectivity index (χ2v) is 7.92. The summed E-state index contributed by atoms with van der Waals surface area (Å²) in [5.74, 6) is 1.09. The van der Waals surface area contributed by atoms with E-state index < -0.39 is 0 Å². The summed E-state index contributed by atoms with van der Waals surface area (Å²) in [5, 5.41) is 10.5. The number of hydrogen-bond donors (Lipinski definition) is 2. The number of aromatic nitrogens is 3. The molecular weight excluding hydrogens is 444 g/mol. The maximum atomic E-state index is 12.4. The second kappa shape index (κ2) is 11.9. The van der Waals surface area contributed by atoms with Crippen molar-refractivity contribution in [3.8, 4) is 5.75 Å². The van der Waals surface area contributed by atoms with Gasteiger partial charge in [0.25, 0.3) is 0 Å². The Bertz CT molecular complexity index is 1070. The molecule has 0 aliphatic heterocycles. The van der Waals surface area contributed by atoms with E-state index >= 15 is 0 Å². The van der Waals surface area contributed by atoms with Gasteiger partial charge in [-0.2, -0.15) is 5.10 Å². The molecular formula is C23H27ClN6O3. The highest BCUT2D eigenvalue weighted by Gasteiger charge is 2.12. The van der Waals surface area contributed by atoms with Crippen molar-refractivity contribution in [2.24, 2.45) is 0 Å². The van der Waals surface area contributed by atoms with E-state index in [4.69, 9.17) is 16.3 Å². The highest BCUT2D eigenvalue weighted by atomic mass is 35.5. The van der Waals surface area contributed by atoms with Crippen LogP contribution in [0.4, 0.5) is 11.5 Å². The van der Waals surface area contributed by atoms with Crippen LogP contribution in [0.2, 0.25) is 5.02 Å². The van der Waals surface area contributed by atoms with Gasteiger partial charge in [0, 0.05) is 37.4 Å². The molecule has 2 N–H and O–H groups in total. The lowest BCUT2D eigenvalue weighted by atomic mass is 10.2. The molecule has 0 radical (unpaired) electrons. The molecule has 0 aliphatic rings. The number of rotatable bonds is 11. The minimum absolute atomic E-state index is 0.0683. The van der Waals surface area contributed by atoms with Crippen molar-refractivity contribution in [2.75, 3.05) is 37.4 Å². The summed E-state index contributed by atoms with van der Waals surface area (Å²) in [6.45, 7) is 3.33. The van der Waals surface area contributed by atoms with E-state index in [0.717, 1.165) is 11.3 Å². The van der Waals surface area contributed by atoms with E-state index in [-0.39, 0.29) is 24.8 Å². The monoisotopic (exact) mass is 470 g/mol. The fraction of sp³-hybridized carbons (Fsp3) is 0.304. The molecule has 0 fully saturated rings. The number of likely N-dealkylation sites (N-methyl/N-ethyl adjacent to an activating group) is 1. The van der Waals surface area contributed by atoms with E-state index in [0.29, 0.717) is 36.2 Å².